The molecule has 6 nitrogen and oxygen atoms in total. The average Bonchev–Trinajstić information content (AvgIpc) is 2.37. The summed E-state index contributed by atoms with van der Waals surface area (Å²) in [7, 11) is -3.97. The molecule has 1 aromatic rings. The first-order valence-corrected chi connectivity index (χ1v) is 7.57. The fourth-order valence-electron chi connectivity index (χ4n) is 1.58. The highest BCUT2D eigenvalue weighted by Crippen LogP contribution is 2.20. The van der Waals surface area contributed by atoms with Gasteiger partial charge in [-0.25, -0.2) is 17.9 Å². The third kappa shape index (κ3) is 4.17. The summed E-state index contributed by atoms with van der Waals surface area (Å²) in [4.78, 5) is 12.9. The minimum Gasteiger partial charge on any atom is -0.481 e. The minimum absolute atomic E-state index is 0.196. The number of hydrogen-bond donors (Lipinski definition) is 1. The maximum Gasteiger partial charge on any atom is 0.260 e. The molecular formula is C12H17FN2O4S. The van der Waals surface area contributed by atoms with Crippen LogP contribution in [0.2, 0.25) is 0 Å². The highest BCUT2D eigenvalue weighted by molar-refractivity contribution is 7.89. The van der Waals surface area contributed by atoms with Crippen molar-refractivity contribution in [2.45, 2.75) is 18.7 Å². The van der Waals surface area contributed by atoms with Crippen LogP contribution in [0.4, 0.5) is 4.39 Å². The Labute approximate surface area is 117 Å². The van der Waals surface area contributed by atoms with Gasteiger partial charge in [0.2, 0.25) is 10.0 Å². The number of amides is 1. The summed E-state index contributed by atoms with van der Waals surface area (Å²) in [6.45, 7) is 4.40. The van der Waals surface area contributed by atoms with Crippen molar-refractivity contribution >= 4 is 15.9 Å². The van der Waals surface area contributed by atoms with E-state index < -0.39 is 15.8 Å². The lowest BCUT2D eigenvalue weighted by molar-refractivity contribution is -0.133. The zero-order valence-electron chi connectivity index (χ0n) is 11.3. The second-order valence-electron chi connectivity index (χ2n) is 3.99. The molecule has 2 N–H and O–H groups in total. The third-order valence-corrected chi connectivity index (χ3v) is 3.61. The van der Waals surface area contributed by atoms with Gasteiger partial charge in [0.25, 0.3) is 5.91 Å². The first kappa shape index (κ1) is 16.4. The number of carbonyl (C=O) groups is 1. The summed E-state index contributed by atoms with van der Waals surface area (Å²) in [6, 6.07) is 3.01. The molecule has 0 fully saturated rings. The van der Waals surface area contributed by atoms with Crippen LogP contribution in [-0.4, -0.2) is 38.9 Å². The normalized spacial score (nSPS) is 11.2. The Morgan fingerprint density at radius 1 is 1.35 bits per heavy atom. The van der Waals surface area contributed by atoms with E-state index in [0.717, 1.165) is 18.2 Å². The van der Waals surface area contributed by atoms with Crippen LogP contribution in [0.3, 0.4) is 0 Å². The van der Waals surface area contributed by atoms with Crippen LogP contribution in [-0.2, 0) is 14.8 Å². The maximum absolute atomic E-state index is 13.6. The lowest BCUT2D eigenvalue weighted by Gasteiger charge is -2.18. The SMILES string of the molecule is CCN(CC)C(=O)COc1ccc(S(N)(=O)=O)cc1F. The van der Waals surface area contributed by atoms with Crippen LogP contribution in [0, 0.1) is 5.82 Å². The highest BCUT2D eigenvalue weighted by Gasteiger charge is 2.15. The summed E-state index contributed by atoms with van der Waals surface area (Å²) in [6.07, 6.45) is 0. The number of sulfonamides is 1. The molecule has 0 heterocycles. The molecule has 0 aliphatic rings. The first-order chi connectivity index (χ1) is 9.29. The van der Waals surface area contributed by atoms with Crippen molar-refractivity contribution in [3.63, 3.8) is 0 Å². The van der Waals surface area contributed by atoms with E-state index in [-0.39, 0.29) is 23.2 Å². The smallest absolute Gasteiger partial charge is 0.260 e. The Bertz CT molecular complexity index is 585. The molecule has 1 aromatic carbocycles. The summed E-state index contributed by atoms with van der Waals surface area (Å²) < 4.78 is 40.8. The van der Waals surface area contributed by atoms with Gasteiger partial charge in [0, 0.05) is 13.1 Å². The fourth-order valence-corrected chi connectivity index (χ4v) is 2.11. The van der Waals surface area contributed by atoms with Crippen LogP contribution >= 0.6 is 0 Å². The van der Waals surface area contributed by atoms with Crippen LogP contribution in [0.1, 0.15) is 13.8 Å². The van der Waals surface area contributed by atoms with E-state index in [0.29, 0.717) is 13.1 Å². The highest BCUT2D eigenvalue weighted by atomic mass is 32.2. The molecule has 112 valence electrons. The monoisotopic (exact) mass is 304 g/mol. The van der Waals surface area contributed by atoms with Crippen LogP contribution < -0.4 is 9.88 Å². The van der Waals surface area contributed by atoms with Gasteiger partial charge >= 0.3 is 0 Å². The number of primary sulfonamides is 1. The number of hydrogen-bond acceptors (Lipinski definition) is 4. The van der Waals surface area contributed by atoms with Crippen molar-refractivity contribution in [1.29, 1.82) is 0 Å². The van der Waals surface area contributed by atoms with Crippen LogP contribution in [0.25, 0.3) is 0 Å². The van der Waals surface area contributed by atoms with Gasteiger partial charge < -0.3 is 9.64 Å². The molecule has 1 amide bonds. The van der Waals surface area contributed by atoms with Crippen molar-refractivity contribution < 1.29 is 22.3 Å². The van der Waals surface area contributed by atoms with Crippen LogP contribution in [0.15, 0.2) is 23.1 Å². The quantitative estimate of drug-likeness (QED) is 0.838. The second-order valence-corrected chi connectivity index (χ2v) is 5.55. The predicted molar refractivity (Wildman–Crippen MR) is 71.2 cm³/mol. The van der Waals surface area contributed by atoms with Crippen molar-refractivity contribution in [1.82, 2.24) is 4.90 Å². The molecule has 0 saturated heterocycles. The Kier molecular flexibility index (Phi) is 5.46. The van der Waals surface area contributed by atoms with Gasteiger partial charge in [-0.15, -0.1) is 0 Å². The van der Waals surface area contributed by atoms with E-state index in [9.17, 15) is 17.6 Å². The van der Waals surface area contributed by atoms with Gasteiger partial charge in [0.15, 0.2) is 18.2 Å². The lowest BCUT2D eigenvalue weighted by Crippen LogP contribution is -2.34. The number of nitrogens with two attached hydrogens (primary N) is 1. The Morgan fingerprint density at radius 2 is 1.95 bits per heavy atom. The zero-order valence-corrected chi connectivity index (χ0v) is 12.1. The molecule has 0 saturated carbocycles. The topological polar surface area (TPSA) is 89.7 Å². The number of benzene rings is 1. The second kappa shape index (κ2) is 6.67. The molecule has 8 heteroatoms. The molecule has 0 aliphatic heterocycles. The number of rotatable bonds is 6. The van der Waals surface area contributed by atoms with Crippen molar-refractivity contribution in [2.75, 3.05) is 19.7 Å². The molecule has 0 spiro atoms. The molecular weight excluding hydrogens is 287 g/mol. The predicted octanol–water partition coefficient (Wildman–Crippen LogP) is 0.720. The molecule has 0 radical (unpaired) electrons. The standard InChI is InChI=1S/C12H17FN2O4S/c1-3-15(4-2)12(16)8-19-11-6-5-9(7-10(11)13)20(14,17)18/h5-7H,3-4,8H2,1-2H3,(H2,14,17,18). The summed E-state index contributed by atoms with van der Waals surface area (Å²) in [5.41, 5.74) is 0. The van der Waals surface area contributed by atoms with E-state index >= 15 is 0 Å². The average molecular weight is 304 g/mol. The minimum atomic E-state index is -3.97. The molecule has 0 aliphatic carbocycles. The summed E-state index contributed by atoms with van der Waals surface area (Å²) in [5.74, 6) is -1.35. The van der Waals surface area contributed by atoms with E-state index in [1.165, 1.54) is 4.90 Å². The fraction of sp³-hybridized carbons (Fsp3) is 0.417. The van der Waals surface area contributed by atoms with Gasteiger partial charge in [0.05, 0.1) is 4.90 Å². The van der Waals surface area contributed by atoms with E-state index in [1.54, 1.807) is 0 Å². The van der Waals surface area contributed by atoms with E-state index in [1.807, 2.05) is 13.8 Å². The first-order valence-electron chi connectivity index (χ1n) is 6.02. The molecule has 20 heavy (non-hydrogen) atoms. The number of likely N-dealkylation sites (N-methyl/N-ethyl adjacent to an activating group) is 1. The number of ether oxygens (including phenoxy) is 1. The maximum atomic E-state index is 13.6. The van der Waals surface area contributed by atoms with Gasteiger partial charge in [0.1, 0.15) is 0 Å². The van der Waals surface area contributed by atoms with Gasteiger partial charge in [-0.05, 0) is 32.0 Å². The van der Waals surface area contributed by atoms with Gasteiger partial charge in [-0.3, -0.25) is 4.79 Å². The summed E-state index contributed by atoms with van der Waals surface area (Å²) in [5, 5.41) is 4.88. The van der Waals surface area contributed by atoms with Crippen LogP contribution in [0.5, 0.6) is 5.75 Å². The molecule has 0 bridgehead atoms. The zero-order chi connectivity index (χ0) is 15.3. The Balaban J connectivity index is 2.78. The van der Waals surface area contributed by atoms with Gasteiger partial charge in [-0.1, -0.05) is 0 Å². The number of halogens is 1. The number of nitrogens with zero attached hydrogens (tertiary/aromatic N) is 1. The Morgan fingerprint density at radius 3 is 2.40 bits per heavy atom. The number of carbonyl (C=O) groups excluding carboxylic acids is 1. The molecule has 0 atom stereocenters. The summed E-state index contributed by atoms with van der Waals surface area (Å²) >= 11 is 0. The molecule has 0 aromatic heterocycles. The molecule has 1 rings (SSSR count). The van der Waals surface area contributed by atoms with Crippen molar-refractivity contribution in [2.24, 2.45) is 5.14 Å². The van der Waals surface area contributed by atoms with E-state index in [2.05, 4.69) is 0 Å². The van der Waals surface area contributed by atoms with E-state index in [4.69, 9.17) is 9.88 Å². The van der Waals surface area contributed by atoms with Crippen molar-refractivity contribution in [3.05, 3.63) is 24.0 Å². The molecule has 0 unspecified atom stereocenters. The lowest BCUT2D eigenvalue weighted by atomic mass is 10.3. The third-order valence-electron chi connectivity index (χ3n) is 2.70. The largest absolute Gasteiger partial charge is 0.481 e. The van der Waals surface area contributed by atoms with Gasteiger partial charge in [-0.2, -0.15) is 0 Å². The van der Waals surface area contributed by atoms with Crippen molar-refractivity contribution in [3.8, 4) is 5.75 Å². The Hall–Kier alpha value is -1.67.